The number of nitrogens with one attached hydrogen (secondary N) is 1. The van der Waals surface area contributed by atoms with Gasteiger partial charge in [-0.3, -0.25) is 13.9 Å². The monoisotopic (exact) mass is 631 g/mol. The zero-order valence-corrected chi connectivity index (χ0v) is 26.7. The Kier molecular flexibility index (Phi) is 11.7. The van der Waals surface area contributed by atoms with Gasteiger partial charge in [0.2, 0.25) is 11.8 Å². The van der Waals surface area contributed by atoms with Gasteiger partial charge >= 0.3 is 0 Å². The maximum Gasteiger partial charge on any atom is 0.264 e. The zero-order valence-electron chi connectivity index (χ0n) is 25.2. The molecule has 12 heteroatoms. The van der Waals surface area contributed by atoms with Gasteiger partial charge in [-0.25, -0.2) is 8.42 Å². The molecule has 0 aromatic heterocycles. The summed E-state index contributed by atoms with van der Waals surface area (Å²) in [5, 5.41) is 3.28. The first-order valence-electron chi connectivity index (χ1n) is 13.7. The number of benzene rings is 3. The van der Waals surface area contributed by atoms with Crippen LogP contribution in [0, 0.1) is 0 Å². The molecule has 1 atom stereocenters. The predicted molar refractivity (Wildman–Crippen MR) is 166 cm³/mol. The molecule has 0 saturated heterocycles. The van der Waals surface area contributed by atoms with Gasteiger partial charge in [0.25, 0.3) is 10.0 Å². The van der Waals surface area contributed by atoms with Crippen LogP contribution in [0.4, 0.5) is 5.69 Å². The standard InChI is InChI=1S/C31H38ClN3O7S/c1-7-27(31(37)33-21(2)3)34(19-22-9-8-10-25(17-22)40-4)30(36)20-35(24-13-11-23(32)12-14-24)43(38,39)26-15-16-28(41-5)29(18-26)42-6/h8-18,21,27H,7,19-20H2,1-6H3,(H,33,37)/t27-/m1/s1. The summed E-state index contributed by atoms with van der Waals surface area (Å²) in [6, 6.07) is 16.4. The van der Waals surface area contributed by atoms with Crippen molar-refractivity contribution in [1.29, 1.82) is 0 Å². The fourth-order valence-corrected chi connectivity index (χ4v) is 6.06. The van der Waals surface area contributed by atoms with E-state index in [2.05, 4.69) is 5.32 Å². The van der Waals surface area contributed by atoms with Crippen molar-refractivity contribution in [1.82, 2.24) is 10.2 Å². The zero-order chi connectivity index (χ0) is 31.7. The molecule has 2 amide bonds. The summed E-state index contributed by atoms with van der Waals surface area (Å²) < 4.78 is 45.2. The first-order valence-corrected chi connectivity index (χ1v) is 15.5. The van der Waals surface area contributed by atoms with Crippen molar-refractivity contribution < 1.29 is 32.2 Å². The van der Waals surface area contributed by atoms with Crippen LogP contribution in [0.5, 0.6) is 17.2 Å². The van der Waals surface area contributed by atoms with Gasteiger partial charge in [-0.15, -0.1) is 0 Å². The van der Waals surface area contributed by atoms with E-state index in [1.165, 1.54) is 68.7 Å². The van der Waals surface area contributed by atoms with Crippen LogP contribution < -0.4 is 23.8 Å². The van der Waals surface area contributed by atoms with Gasteiger partial charge in [0.1, 0.15) is 18.3 Å². The maximum absolute atomic E-state index is 14.2. The number of hydrogen-bond donors (Lipinski definition) is 1. The Balaban J connectivity index is 2.11. The second-order valence-corrected chi connectivity index (χ2v) is 12.3. The minimum absolute atomic E-state index is 0.0465. The average molecular weight is 632 g/mol. The van der Waals surface area contributed by atoms with Crippen LogP contribution in [-0.4, -0.2) is 65.1 Å². The third-order valence-corrected chi connectivity index (χ3v) is 8.66. The summed E-state index contributed by atoms with van der Waals surface area (Å²) in [5.74, 6) is 0.231. The Morgan fingerprint density at radius 1 is 0.907 bits per heavy atom. The van der Waals surface area contributed by atoms with E-state index in [4.69, 9.17) is 25.8 Å². The molecular weight excluding hydrogens is 594 g/mol. The summed E-state index contributed by atoms with van der Waals surface area (Å²) >= 11 is 6.10. The van der Waals surface area contributed by atoms with Crippen LogP contribution in [0.25, 0.3) is 0 Å². The van der Waals surface area contributed by atoms with E-state index in [0.717, 1.165) is 4.31 Å². The topological polar surface area (TPSA) is 114 Å². The van der Waals surface area contributed by atoms with Crippen LogP contribution in [0.2, 0.25) is 5.02 Å². The smallest absolute Gasteiger partial charge is 0.264 e. The molecule has 10 nitrogen and oxygen atoms in total. The quantitative estimate of drug-likeness (QED) is 0.269. The van der Waals surface area contributed by atoms with E-state index in [1.54, 1.807) is 25.1 Å². The van der Waals surface area contributed by atoms with E-state index in [-0.39, 0.29) is 34.8 Å². The van der Waals surface area contributed by atoms with Gasteiger partial charge in [0, 0.05) is 23.7 Å². The molecule has 0 saturated carbocycles. The molecule has 43 heavy (non-hydrogen) atoms. The normalized spacial score (nSPS) is 11.9. The van der Waals surface area contributed by atoms with Crippen LogP contribution >= 0.6 is 11.6 Å². The summed E-state index contributed by atoms with van der Waals surface area (Å²) in [5.41, 5.74) is 0.929. The molecule has 1 N–H and O–H groups in total. The Morgan fingerprint density at radius 2 is 1.58 bits per heavy atom. The number of anilines is 1. The van der Waals surface area contributed by atoms with Gasteiger partial charge in [-0.1, -0.05) is 30.7 Å². The highest BCUT2D eigenvalue weighted by Crippen LogP contribution is 2.33. The molecule has 0 fully saturated rings. The van der Waals surface area contributed by atoms with Crippen LogP contribution in [0.1, 0.15) is 32.8 Å². The van der Waals surface area contributed by atoms with Crippen molar-refractivity contribution in [2.75, 3.05) is 32.2 Å². The molecule has 0 heterocycles. The highest BCUT2D eigenvalue weighted by Gasteiger charge is 2.34. The lowest BCUT2D eigenvalue weighted by Crippen LogP contribution is -2.53. The highest BCUT2D eigenvalue weighted by molar-refractivity contribution is 7.92. The predicted octanol–water partition coefficient (Wildman–Crippen LogP) is 4.89. The lowest BCUT2D eigenvalue weighted by molar-refractivity contribution is -0.140. The van der Waals surface area contributed by atoms with Gasteiger partial charge in [0.05, 0.1) is 31.9 Å². The second-order valence-electron chi connectivity index (χ2n) is 9.97. The Hall–Kier alpha value is -3.96. The molecule has 3 rings (SSSR count). The third kappa shape index (κ3) is 8.32. The number of amides is 2. The lowest BCUT2D eigenvalue weighted by Gasteiger charge is -2.33. The molecule has 0 aliphatic heterocycles. The number of nitrogens with zero attached hydrogens (tertiary/aromatic N) is 2. The first kappa shape index (κ1) is 33.5. The van der Waals surface area contributed by atoms with E-state index in [9.17, 15) is 18.0 Å². The van der Waals surface area contributed by atoms with Crippen molar-refractivity contribution in [3.05, 3.63) is 77.3 Å². The number of methoxy groups -OCH3 is 3. The second kappa shape index (κ2) is 15.0. The number of sulfonamides is 1. The maximum atomic E-state index is 14.2. The number of halogens is 1. The van der Waals surface area contributed by atoms with Crippen LogP contribution in [0.15, 0.2) is 71.6 Å². The lowest BCUT2D eigenvalue weighted by atomic mass is 10.1. The van der Waals surface area contributed by atoms with Gasteiger partial charge < -0.3 is 24.4 Å². The number of ether oxygens (including phenoxy) is 3. The molecular formula is C31H38ClN3O7S. The summed E-state index contributed by atoms with van der Waals surface area (Å²) in [6.07, 6.45) is 0.303. The molecule has 232 valence electrons. The number of rotatable bonds is 14. The number of hydrogen-bond acceptors (Lipinski definition) is 7. The molecule has 0 aliphatic rings. The number of carbonyl (C=O) groups excluding carboxylic acids is 2. The largest absolute Gasteiger partial charge is 0.497 e. The molecule has 0 radical (unpaired) electrons. The van der Waals surface area contributed by atoms with E-state index >= 15 is 0 Å². The van der Waals surface area contributed by atoms with E-state index in [1.807, 2.05) is 19.9 Å². The summed E-state index contributed by atoms with van der Waals surface area (Å²) in [6.45, 7) is 4.92. The van der Waals surface area contributed by atoms with Crippen molar-refractivity contribution in [3.63, 3.8) is 0 Å². The molecule has 0 spiro atoms. The molecule has 3 aromatic rings. The van der Waals surface area contributed by atoms with Gasteiger partial charge in [0.15, 0.2) is 11.5 Å². The third-order valence-electron chi connectivity index (χ3n) is 6.64. The SMILES string of the molecule is CC[C@H](C(=O)NC(C)C)N(Cc1cccc(OC)c1)C(=O)CN(c1ccc(Cl)cc1)S(=O)(=O)c1ccc(OC)c(OC)c1. The Morgan fingerprint density at radius 3 is 2.16 bits per heavy atom. The fraction of sp³-hybridized carbons (Fsp3) is 0.355. The molecule has 0 bridgehead atoms. The van der Waals surface area contributed by atoms with Crippen molar-refractivity contribution >= 4 is 39.1 Å². The first-order chi connectivity index (χ1) is 20.4. The highest BCUT2D eigenvalue weighted by atomic mass is 35.5. The number of carbonyl (C=O) groups is 2. The van der Waals surface area contributed by atoms with Crippen molar-refractivity contribution in [3.8, 4) is 17.2 Å². The van der Waals surface area contributed by atoms with Gasteiger partial charge in [-0.05, 0) is 74.4 Å². The van der Waals surface area contributed by atoms with Crippen molar-refractivity contribution in [2.45, 2.75) is 50.7 Å². The van der Waals surface area contributed by atoms with Crippen molar-refractivity contribution in [2.24, 2.45) is 0 Å². The summed E-state index contributed by atoms with van der Waals surface area (Å²) in [7, 11) is 0.0627. The van der Waals surface area contributed by atoms with Crippen LogP contribution in [-0.2, 0) is 26.2 Å². The summed E-state index contributed by atoms with van der Waals surface area (Å²) in [4.78, 5) is 28.8. The minimum Gasteiger partial charge on any atom is -0.497 e. The van der Waals surface area contributed by atoms with Gasteiger partial charge in [-0.2, -0.15) is 0 Å². The average Bonchev–Trinajstić information content (AvgIpc) is 2.99. The van der Waals surface area contributed by atoms with Crippen LogP contribution in [0.3, 0.4) is 0 Å². The fourth-order valence-electron chi connectivity index (χ4n) is 4.51. The minimum atomic E-state index is -4.32. The van der Waals surface area contributed by atoms with E-state index in [0.29, 0.717) is 28.5 Å². The molecule has 0 aliphatic carbocycles. The molecule has 3 aromatic carbocycles. The van der Waals surface area contributed by atoms with E-state index < -0.39 is 28.5 Å². The molecule has 0 unspecified atom stereocenters. The Labute approximate surface area is 258 Å². The Bertz CT molecular complexity index is 1510.